The van der Waals surface area contributed by atoms with Gasteiger partial charge in [-0.15, -0.1) is 0 Å². The molecule has 2 aliphatic heterocycles. The van der Waals surface area contributed by atoms with Crippen LogP contribution in [0.1, 0.15) is 46.5 Å². The van der Waals surface area contributed by atoms with Gasteiger partial charge in [-0.2, -0.15) is 0 Å². The predicted molar refractivity (Wildman–Crippen MR) is 103 cm³/mol. The van der Waals surface area contributed by atoms with Gasteiger partial charge in [0.2, 0.25) is 5.91 Å². The molecular formula is C19H37N5O. The van der Waals surface area contributed by atoms with Crippen LogP contribution in [0.5, 0.6) is 0 Å². The zero-order valence-corrected chi connectivity index (χ0v) is 16.3. The Morgan fingerprint density at radius 1 is 1.24 bits per heavy atom. The van der Waals surface area contributed by atoms with E-state index >= 15 is 0 Å². The lowest BCUT2D eigenvalue weighted by molar-refractivity contribution is -0.123. The smallest absolute Gasteiger partial charge is 0.221 e. The monoisotopic (exact) mass is 351 g/mol. The van der Waals surface area contributed by atoms with Crippen molar-refractivity contribution in [3.63, 3.8) is 0 Å². The molecule has 1 amide bonds. The SMILES string of the molecule is CCNC(=NCCCN1CCCC(C(N)=O)C1)N1CC(C)CC(C)C1. The van der Waals surface area contributed by atoms with Gasteiger partial charge in [0.15, 0.2) is 5.96 Å². The van der Waals surface area contributed by atoms with Crippen LogP contribution in [0.2, 0.25) is 0 Å². The predicted octanol–water partition coefficient (Wildman–Crippen LogP) is 1.52. The topological polar surface area (TPSA) is 74.0 Å². The average Bonchev–Trinajstić information content (AvgIpc) is 2.57. The van der Waals surface area contributed by atoms with Crippen LogP contribution in [0.15, 0.2) is 4.99 Å². The number of hydrogen-bond acceptors (Lipinski definition) is 3. The van der Waals surface area contributed by atoms with E-state index in [1.165, 1.54) is 6.42 Å². The number of hydrogen-bond donors (Lipinski definition) is 2. The lowest BCUT2D eigenvalue weighted by Crippen LogP contribution is -2.48. The van der Waals surface area contributed by atoms with Gasteiger partial charge in [0.05, 0.1) is 5.92 Å². The first kappa shape index (κ1) is 20.0. The highest BCUT2D eigenvalue weighted by atomic mass is 16.1. The van der Waals surface area contributed by atoms with Crippen LogP contribution >= 0.6 is 0 Å². The number of guanidine groups is 1. The number of primary amides is 1. The molecular weight excluding hydrogens is 314 g/mol. The molecule has 2 rings (SSSR count). The summed E-state index contributed by atoms with van der Waals surface area (Å²) in [5, 5.41) is 3.46. The fourth-order valence-corrected chi connectivity index (χ4v) is 4.23. The molecule has 0 radical (unpaired) electrons. The molecule has 0 aromatic heterocycles. The van der Waals surface area contributed by atoms with E-state index in [1.54, 1.807) is 0 Å². The quantitative estimate of drug-likeness (QED) is 0.432. The zero-order chi connectivity index (χ0) is 18.2. The summed E-state index contributed by atoms with van der Waals surface area (Å²) in [5.41, 5.74) is 5.46. The Morgan fingerprint density at radius 3 is 2.60 bits per heavy atom. The molecule has 144 valence electrons. The summed E-state index contributed by atoms with van der Waals surface area (Å²) in [4.78, 5) is 21.0. The summed E-state index contributed by atoms with van der Waals surface area (Å²) >= 11 is 0. The molecule has 25 heavy (non-hydrogen) atoms. The highest BCUT2D eigenvalue weighted by molar-refractivity contribution is 5.80. The third-order valence-corrected chi connectivity index (χ3v) is 5.31. The fraction of sp³-hybridized carbons (Fsp3) is 0.895. The fourth-order valence-electron chi connectivity index (χ4n) is 4.23. The lowest BCUT2D eigenvalue weighted by Gasteiger charge is -2.37. The lowest BCUT2D eigenvalue weighted by atomic mass is 9.92. The largest absolute Gasteiger partial charge is 0.369 e. The number of aliphatic imine (C=N–C) groups is 1. The van der Waals surface area contributed by atoms with Crippen molar-refractivity contribution in [2.24, 2.45) is 28.5 Å². The number of carbonyl (C=O) groups excluding carboxylic acids is 1. The van der Waals surface area contributed by atoms with Crippen LogP contribution in [0.3, 0.4) is 0 Å². The van der Waals surface area contributed by atoms with Gasteiger partial charge in [-0.3, -0.25) is 9.79 Å². The molecule has 3 atom stereocenters. The van der Waals surface area contributed by atoms with E-state index < -0.39 is 0 Å². The summed E-state index contributed by atoms with van der Waals surface area (Å²) in [6.07, 6.45) is 4.36. The molecule has 3 N–H and O–H groups in total. The van der Waals surface area contributed by atoms with E-state index in [0.717, 1.165) is 82.9 Å². The highest BCUT2D eigenvalue weighted by Crippen LogP contribution is 2.21. The first-order valence-electron chi connectivity index (χ1n) is 10.0. The Balaban J connectivity index is 1.80. The van der Waals surface area contributed by atoms with Gasteiger partial charge in [-0.1, -0.05) is 13.8 Å². The third-order valence-electron chi connectivity index (χ3n) is 5.31. The molecule has 3 unspecified atom stereocenters. The Labute approximate surface area is 153 Å². The first-order valence-corrected chi connectivity index (χ1v) is 10.0. The van der Waals surface area contributed by atoms with E-state index in [9.17, 15) is 4.79 Å². The molecule has 0 aromatic rings. The van der Waals surface area contributed by atoms with E-state index in [2.05, 4.69) is 35.9 Å². The Hall–Kier alpha value is -1.30. The molecule has 2 aliphatic rings. The second-order valence-electron chi connectivity index (χ2n) is 7.98. The van der Waals surface area contributed by atoms with Gasteiger partial charge in [-0.05, 0) is 57.5 Å². The average molecular weight is 352 g/mol. The molecule has 0 spiro atoms. The van der Waals surface area contributed by atoms with Crippen molar-refractivity contribution in [1.82, 2.24) is 15.1 Å². The summed E-state index contributed by atoms with van der Waals surface area (Å²) in [7, 11) is 0. The van der Waals surface area contributed by atoms with Crippen molar-refractivity contribution in [2.75, 3.05) is 45.8 Å². The third kappa shape index (κ3) is 6.49. The molecule has 0 aliphatic carbocycles. The van der Waals surface area contributed by atoms with Gasteiger partial charge < -0.3 is 20.9 Å². The maximum atomic E-state index is 11.4. The van der Waals surface area contributed by atoms with Crippen molar-refractivity contribution in [3.8, 4) is 0 Å². The molecule has 2 heterocycles. The van der Waals surface area contributed by atoms with Crippen molar-refractivity contribution >= 4 is 11.9 Å². The van der Waals surface area contributed by atoms with Crippen LogP contribution in [-0.4, -0.2) is 67.5 Å². The Kier molecular flexibility index (Phi) is 8.00. The molecule has 0 saturated carbocycles. The van der Waals surface area contributed by atoms with Crippen LogP contribution in [0.25, 0.3) is 0 Å². The number of rotatable bonds is 6. The minimum atomic E-state index is -0.148. The van der Waals surface area contributed by atoms with Crippen molar-refractivity contribution < 1.29 is 4.79 Å². The minimum Gasteiger partial charge on any atom is -0.369 e. The Morgan fingerprint density at radius 2 is 1.96 bits per heavy atom. The number of likely N-dealkylation sites (tertiary alicyclic amines) is 2. The van der Waals surface area contributed by atoms with Gasteiger partial charge >= 0.3 is 0 Å². The molecule has 6 nitrogen and oxygen atoms in total. The van der Waals surface area contributed by atoms with Gasteiger partial charge in [0.1, 0.15) is 0 Å². The van der Waals surface area contributed by atoms with Crippen LogP contribution in [0.4, 0.5) is 0 Å². The maximum absolute atomic E-state index is 11.4. The minimum absolute atomic E-state index is 0.0332. The van der Waals surface area contributed by atoms with Crippen molar-refractivity contribution in [1.29, 1.82) is 0 Å². The number of nitrogens with one attached hydrogen (secondary N) is 1. The number of piperidine rings is 2. The van der Waals surface area contributed by atoms with Gasteiger partial charge in [0.25, 0.3) is 0 Å². The standard InChI is InChI=1S/C19H37N5O/c1-4-21-19(24-12-15(2)11-16(3)13-24)22-8-6-10-23-9-5-7-17(14-23)18(20)25/h15-17H,4-14H2,1-3H3,(H2,20,25)(H,21,22). The summed E-state index contributed by atoms with van der Waals surface area (Å²) in [6.45, 7) is 13.6. The number of amides is 1. The summed E-state index contributed by atoms with van der Waals surface area (Å²) in [6, 6.07) is 0. The maximum Gasteiger partial charge on any atom is 0.221 e. The second-order valence-corrected chi connectivity index (χ2v) is 7.98. The van der Waals surface area contributed by atoms with Gasteiger partial charge in [0, 0.05) is 32.7 Å². The molecule has 2 fully saturated rings. The van der Waals surface area contributed by atoms with Crippen LogP contribution in [0, 0.1) is 17.8 Å². The molecule has 0 aromatic carbocycles. The first-order chi connectivity index (χ1) is 12.0. The number of nitrogens with zero attached hydrogens (tertiary/aromatic N) is 3. The molecule has 6 heteroatoms. The molecule has 0 bridgehead atoms. The summed E-state index contributed by atoms with van der Waals surface area (Å²) < 4.78 is 0. The number of nitrogens with two attached hydrogens (primary N) is 1. The van der Waals surface area contributed by atoms with Crippen molar-refractivity contribution in [3.05, 3.63) is 0 Å². The van der Waals surface area contributed by atoms with Crippen LogP contribution < -0.4 is 11.1 Å². The van der Waals surface area contributed by atoms with Crippen LogP contribution in [-0.2, 0) is 4.79 Å². The van der Waals surface area contributed by atoms with Crippen molar-refractivity contribution in [2.45, 2.75) is 46.5 Å². The highest BCUT2D eigenvalue weighted by Gasteiger charge is 2.25. The van der Waals surface area contributed by atoms with E-state index in [1.807, 2.05) is 0 Å². The second kappa shape index (κ2) is 10.00. The molecule has 2 saturated heterocycles. The normalized spacial score (nSPS) is 28.8. The Bertz CT molecular complexity index is 443. The number of carbonyl (C=O) groups is 1. The van der Waals surface area contributed by atoms with E-state index in [0.29, 0.717) is 0 Å². The summed E-state index contributed by atoms with van der Waals surface area (Å²) in [5.74, 6) is 2.41. The van der Waals surface area contributed by atoms with E-state index in [4.69, 9.17) is 10.7 Å². The zero-order valence-electron chi connectivity index (χ0n) is 16.3. The van der Waals surface area contributed by atoms with E-state index in [-0.39, 0.29) is 11.8 Å². The van der Waals surface area contributed by atoms with Gasteiger partial charge in [-0.25, -0.2) is 0 Å².